The number of aromatic nitrogens is 1. The first-order valence-corrected chi connectivity index (χ1v) is 18.7. The van der Waals surface area contributed by atoms with Crippen molar-refractivity contribution >= 4 is 104 Å². The molecule has 0 radical (unpaired) electrons. The maximum atomic E-state index is 2.45. The standard InChI is InChI=1S/C52H32N2/c1-3-15-37(16-4-1)53(39-28-29-42-41-19-7-8-23-47(41)54(48(42)32-39)38-17-5-2-6-18-38)40-30-36-27-26-35-13-10-21-44-43-20-9-12-33-24-25-34-14-11-22-45(51(34)49(33)43)46(31-40)52(36)50(35)44/h1-32H. The molecule has 11 aromatic carbocycles. The Bertz CT molecular complexity index is 3430. The average molecular weight is 685 g/mol. The van der Waals surface area contributed by atoms with Crippen molar-refractivity contribution < 1.29 is 0 Å². The quantitative estimate of drug-likeness (QED) is 0.168. The fraction of sp³-hybridized carbons (Fsp3) is 0. The summed E-state index contributed by atoms with van der Waals surface area (Å²) >= 11 is 0. The van der Waals surface area contributed by atoms with Gasteiger partial charge in [-0.2, -0.15) is 0 Å². The van der Waals surface area contributed by atoms with E-state index >= 15 is 0 Å². The monoisotopic (exact) mass is 684 g/mol. The molecule has 0 saturated heterocycles. The van der Waals surface area contributed by atoms with Crippen molar-refractivity contribution in [3.05, 3.63) is 194 Å². The van der Waals surface area contributed by atoms with Crippen LogP contribution in [0.3, 0.4) is 0 Å². The number of nitrogens with zero attached hydrogens (tertiary/aromatic N) is 2. The molecule has 0 fully saturated rings. The van der Waals surface area contributed by atoms with Crippen molar-refractivity contribution in [2.24, 2.45) is 0 Å². The van der Waals surface area contributed by atoms with Gasteiger partial charge < -0.3 is 9.47 Å². The largest absolute Gasteiger partial charge is 0.310 e. The van der Waals surface area contributed by atoms with E-state index in [4.69, 9.17) is 0 Å². The number of hydrogen-bond donors (Lipinski definition) is 0. The Morgan fingerprint density at radius 2 is 0.796 bits per heavy atom. The van der Waals surface area contributed by atoms with Crippen LogP contribution in [-0.4, -0.2) is 4.57 Å². The van der Waals surface area contributed by atoms with E-state index in [2.05, 4.69) is 204 Å². The molecule has 2 heteroatoms. The highest BCUT2D eigenvalue weighted by Crippen LogP contribution is 2.46. The molecular formula is C52H32N2. The van der Waals surface area contributed by atoms with Crippen molar-refractivity contribution in [3.63, 3.8) is 0 Å². The molecule has 0 atom stereocenters. The first kappa shape index (κ1) is 29.4. The summed E-state index contributed by atoms with van der Waals surface area (Å²) < 4.78 is 2.40. The number of benzene rings is 10. The smallest absolute Gasteiger partial charge is 0.0561 e. The molecule has 12 rings (SSSR count). The van der Waals surface area contributed by atoms with Gasteiger partial charge in [-0.1, -0.05) is 140 Å². The number of anilines is 3. The first-order valence-electron chi connectivity index (χ1n) is 18.7. The van der Waals surface area contributed by atoms with Crippen LogP contribution in [0.15, 0.2) is 194 Å². The van der Waals surface area contributed by atoms with E-state index in [1.807, 2.05) is 0 Å². The van der Waals surface area contributed by atoms with Gasteiger partial charge in [-0.25, -0.2) is 0 Å². The minimum atomic E-state index is 1.11. The summed E-state index contributed by atoms with van der Waals surface area (Å²) in [6.07, 6.45) is 0. The van der Waals surface area contributed by atoms with E-state index in [9.17, 15) is 0 Å². The van der Waals surface area contributed by atoms with Gasteiger partial charge in [-0.15, -0.1) is 0 Å². The van der Waals surface area contributed by atoms with Crippen LogP contribution in [0.5, 0.6) is 0 Å². The summed E-state index contributed by atoms with van der Waals surface area (Å²) in [5.74, 6) is 0. The number of rotatable bonds is 4. The predicted octanol–water partition coefficient (Wildman–Crippen LogP) is 14.6. The fourth-order valence-corrected chi connectivity index (χ4v) is 9.37. The second-order valence-corrected chi connectivity index (χ2v) is 14.5. The summed E-state index contributed by atoms with van der Waals surface area (Å²) in [4.78, 5) is 2.44. The van der Waals surface area contributed by atoms with E-state index < -0.39 is 0 Å². The Kier molecular flexibility index (Phi) is 6.09. The molecule has 12 aromatic rings. The number of fused-ring (bicyclic) bond motifs is 5. The van der Waals surface area contributed by atoms with Crippen LogP contribution in [-0.2, 0) is 0 Å². The molecule has 0 aliphatic rings. The molecule has 0 aliphatic carbocycles. The fourth-order valence-electron chi connectivity index (χ4n) is 9.37. The van der Waals surface area contributed by atoms with Crippen LogP contribution in [0.25, 0.3) is 92.1 Å². The zero-order chi connectivity index (χ0) is 35.3. The van der Waals surface area contributed by atoms with Gasteiger partial charge in [0.05, 0.1) is 11.0 Å². The van der Waals surface area contributed by atoms with Gasteiger partial charge in [0, 0.05) is 33.5 Å². The van der Waals surface area contributed by atoms with Gasteiger partial charge in [0.2, 0.25) is 0 Å². The minimum absolute atomic E-state index is 1.11. The zero-order valence-electron chi connectivity index (χ0n) is 29.4. The van der Waals surface area contributed by atoms with E-state index in [1.54, 1.807) is 0 Å². The van der Waals surface area contributed by atoms with Crippen LogP contribution in [0.4, 0.5) is 17.1 Å². The molecule has 2 nitrogen and oxygen atoms in total. The Balaban J connectivity index is 1.23. The molecule has 0 spiro atoms. The van der Waals surface area contributed by atoms with Crippen molar-refractivity contribution in [3.8, 4) is 5.69 Å². The molecule has 54 heavy (non-hydrogen) atoms. The molecule has 1 heterocycles. The Morgan fingerprint density at radius 3 is 1.46 bits per heavy atom. The highest BCUT2D eigenvalue weighted by molar-refractivity contribution is 6.37. The van der Waals surface area contributed by atoms with Crippen molar-refractivity contribution in [2.45, 2.75) is 0 Å². The Morgan fingerprint density at radius 1 is 0.278 bits per heavy atom. The van der Waals surface area contributed by atoms with Crippen LogP contribution in [0, 0.1) is 0 Å². The summed E-state index contributed by atoms with van der Waals surface area (Å²) in [5, 5.41) is 17.9. The molecule has 250 valence electrons. The highest BCUT2D eigenvalue weighted by Gasteiger charge is 2.21. The lowest BCUT2D eigenvalue weighted by atomic mass is 9.87. The topological polar surface area (TPSA) is 8.17 Å². The van der Waals surface area contributed by atoms with E-state index in [0.717, 1.165) is 22.7 Å². The molecular weight excluding hydrogens is 653 g/mol. The van der Waals surface area contributed by atoms with Gasteiger partial charge in [-0.3, -0.25) is 0 Å². The molecule has 0 saturated carbocycles. The summed E-state index contributed by atoms with van der Waals surface area (Å²) in [5.41, 5.74) is 6.89. The maximum Gasteiger partial charge on any atom is 0.0561 e. The van der Waals surface area contributed by atoms with Crippen molar-refractivity contribution in [1.82, 2.24) is 4.57 Å². The zero-order valence-corrected chi connectivity index (χ0v) is 29.4. The average Bonchev–Trinajstić information content (AvgIpc) is 3.56. The van der Waals surface area contributed by atoms with Crippen LogP contribution in [0.1, 0.15) is 0 Å². The summed E-state index contributed by atoms with van der Waals surface area (Å²) in [6.45, 7) is 0. The van der Waals surface area contributed by atoms with E-state index in [-0.39, 0.29) is 0 Å². The Labute approximate surface area is 311 Å². The number of para-hydroxylation sites is 3. The number of hydrogen-bond acceptors (Lipinski definition) is 1. The SMILES string of the molecule is c1ccc(N(c2cc3ccc4cccc5c6cccc7ccc8cccc(c(c2)c3c45)c8c76)c2ccc3c4ccccc4n(-c4ccccc4)c3c2)cc1. The van der Waals surface area contributed by atoms with Crippen molar-refractivity contribution in [2.75, 3.05) is 4.90 Å². The van der Waals surface area contributed by atoms with E-state index in [1.165, 1.54) is 86.4 Å². The molecule has 0 N–H and O–H groups in total. The molecule has 1 aromatic heterocycles. The lowest BCUT2D eigenvalue weighted by Gasteiger charge is -2.27. The van der Waals surface area contributed by atoms with E-state index in [0.29, 0.717) is 0 Å². The first-order chi connectivity index (χ1) is 26.8. The molecule has 0 amide bonds. The second kappa shape index (κ2) is 11.2. The third kappa shape index (κ3) is 4.11. The molecule has 0 bridgehead atoms. The summed E-state index contributed by atoms with van der Waals surface area (Å²) in [7, 11) is 0. The normalized spacial score (nSPS) is 12.1. The third-order valence-electron chi connectivity index (χ3n) is 11.6. The van der Waals surface area contributed by atoms with Gasteiger partial charge in [0.1, 0.15) is 0 Å². The highest BCUT2D eigenvalue weighted by atomic mass is 15.1. The van der Waals surface area contributed by atoms with Gasteiger partial charge in [0.25, 0.3) is 0 Å². The predicted molar refractivity (Wildman–Crippen MR) is 232 cm³/mol. The summed E-state index contributed by atoms with van der Waals surface area (Å²) in [6, 6.07) is 71.7. The van der Waals surface area contributed by atoms with Gasteiger partial charge >= 0.3 is 0 Å². The van der Waals surface area contributed by atoms with Crippen LogP contribution >= 0.6 is 0 Å². The van der Waals surface area contributed by atoms with Crippen molar-refractivity contribution in [1.29, 1.82) is 0 Å². The van der Waals surface area contributed by atoms with Crippen LogP contribution < -0.4 is 4.90 Å². The lowest BCUT2D eigenvalue weighted by Crippen LogP contribution is -2.10. The lowest BCUT2D eigenvalue weighted by molar-refractivity contribution is 1.18. The van der Waals surface area contributed by atoms with Gasteiger partial charge in [-0.05, 0) is 119 Å². The molecule has 0 unspecified atom stereocenters. The Hall–Kier alpha value is -7.16. The minimum Gasteiger partial charge on any atom is -0.310 e. The maximum absolute atomic E-state index is 2.45. The molecule has 0 aliphatic heterocycles. The second-order valence-electron chi connectivity index (χ2n) is 14.5. The van der Waals surface area contributed by atoms with Gasteiger partial charge in [0.15, 0.2) is 0 Å². The third-order valence-corrected chi connectivity index (χ3v) is 11.6. The van der Waals surface area contributed by atoms with Crippen LogP contribution in [0.2, 0.25) is 0 Å².